The Morgan fingerprint density at radius 2 is 1.09 bits per heavy atom. The van der Waals surface area contributed by atoms with E-state index < -0.39 is 41.3 Å². The predicted octanol–water partition coefficient (Wildman–Crippen LogP) is 6.63. The summed E-state index contributed by atoms with van der Waals surface area (Å²) in [6.45, 7) is 0. The van der Waals surface area contributed by atoms with Crippen LogP contribution in [0.2, 0.25) is 0 Å². The molecule has 212 valence electrons. The number of aromatic nitrogens is 6. The zero-order chi connectivity index (χ0) is 34.4. The second-order valence-electron chi connectivity index (χ2n) is 10.5. The highest BCUT2D eigenvalue weighted by molar-refractivity contribution is 6.08. The van der Waals surface area contributed by atoms with Gasteiger partial charge in [-0.2, -0.15) is 14.5 Å². The smallest absolute Gasteiger partial charge is 0.271 e. The van der Waals surface area contributed by atoms with E-state index in [1.807, 2.05) is 66.7 Å². The molecule has 8 heteroatoms. The Kier molecular flexibility index (Phi) is 4.35. The molecule has 0 aliphatic rings. The van der Waals surface area contributed by atoms with E-state index in [-0.39, 0.29) is 28.7 Å². The molecule has 0 amide bonds. The molecule has 0 bridgehead atoms. The van der Waals surface area contributed by atoms with Crippen molar-refractivity contribution in [2.45, 2.75) is 0 Å². The van der Waals surface area contributed by atoms with Gasteiger partial charge in [0, 0.05) is 16.5 Å². The van der Waals surface area contributed by atoms with E-state index in [4.69, 9.17) is 11.8 Å². The fraction of sp³-hybridized carbons (Fsp3) is 0. The molecule has 0 saturated carbocycles. The topological polar surface area (TPSA) is 86.6 Å². The Bertz CT molecular complexity index is 2950. The molecule has 9 rings (SSSR count). The second kappa shape index (κ2) is 9.55. The third-order valence-corrected chi connectivity index (χ3v) is 8.01. The molecule has 4 aromatic heterocycles. The Labute approximate surface area is 262 Å². The van der Waals surface area contributed by atoms with Gasteiger partial charge >= 0.3 is 0 Å². The average Bonchev–Trinajstić information content (AvgIpc) is 3.76. The van der Waals surface area contributed by atoms with E-state index in [2.05, 4.69) is 9.97 Å². The van der Waals surface area contributed by atoms with Crippen LogP contribution in [0.15, 0.2) is 143 Å². The van der Waals surface area contributed by atoms with Gasteiger partial charge in [-0.05, 0) is 29.3 Å². The van der Waals surface area contributed by atoms with E-state index in [0.717, 1.165) is 15.6 Å². The van der Waals surface area contributed by atoms with Crippen LogP contribution in [-0.2, 0) is 0 Å². The van der Waals surface area contributed by atoms with Crippen molar-refractivity contribution in [3.63, 3.8) is 0 Å². The number of para-hydroxylation sites is 2. The minimum absolute atomic E-state index is 0.0298. The van der Waals surface area contributed by atoms with Crippen molar-refractivity contribution in [1.82, 2.24) is 28.5 Å². The molecule has 0 aliphatic carbocycles. The highest BCUT2D eigenvalue weighted by Gasteiger charge is 2.26. The fourth-order valence-electron chi connectivity index (χ4n) is 6.01. The normalized spacial score (nSPS) is 13.3. The lowest BCUT2D eigenvalue weighted by Crippen LogP contribution is -2.23. The number of nitrogens with zero attached hydrogens (tertiary/aromatic N) is 6. The van der Waals surface area contributed by atoms with Crippen molar-refractivity contribution in [3.8, 4) is 39.9 Å². The van der Waals surface area contributed by atoms with Crippen molar-refractivity contribution in [3.05, 3.63) is 154 Å². The van der Waals surface area contributed by atoms with Crippen LogP contribution in [-0.4, -0.2) is 28.5 Å². The van der Waals surface area contributed by atoms with E-state index >= 15 is 0 Å². The molecule has 0 fully saturated rings. The minimum atomic E-state index is -0.587. The molecule has 0 atom stereocenters. The van der Waals surface area contributed by atoms with Crippen molar-refractivity contribution < 1.29 is 6.85 Å². The van der Waals surface area contributed by atoms with Crippen LogP contribution in [0.5, 0.6) is 0 Å². The molecule has 5 aromatic carbocycles. The summed E-state index contributed by atoms with van der Waals surface area (Å²) in [5.41, 5.74) is 2.99. The van der Waals surface area contributed by atoms with Gasteiger partial charge in [0.15, 0.2) is 11.6 Å². The highest BCUT2D eigenvalue weighted by Crippen LogP contribution is 2.32. The van der Waals surface area contributed by atoms with Gasteiger partial charge in [-0.3, -0.25) is 14.2 Å². The Morgan fingerprint density at radius 1 is 0.489 bits per heavy atom. The average molecular weight is 588 g/mol. The van der Waals surface area contributed by atoms with E-state index in [1.54, 1.807) is 45.5 Å². The van der Waals surface area contributed by atoms with Gasteiger partial charge in [-0.25, -0.2) is 9.50 Å². The quantitative estimate of drug-likeness (QED) is 0.231. The van der Waals surface area contributed by atoms with E-state index in [0.29, 0.717) is 32.9 Å². The first-order valence-corrected chi connectivity index (χ1v) is 14.2. The summed E-state index contributed by atoms with van der Waals surface area (Å²) in [6, 6.07) is 29.0. The summed E-state index contributed by atoms with van der Waals surface area (Å²) in [4.78, 5) is 42.0. The summed E-state index contributed by atoms with van der Waals surface area (Å²) in [6.07, 6.45) is 0. The Morgan fingerprint density at radius 3 is 1.84 bits per heavy atom. The van der Waals surface area contributed by atoms with Gasteiger partial charge in [0.05, 0.1) is 23.3 Å². The number of hydrogen-bond donors (Lipinski definition) is 0. The number of hydrogen-bond acceptors (Lipinski definition) is 5. The summed E-state index contributed by atoms with van der Waals surface area (Å²) in [5.74, 6) is -0.0539. The second-order valence-corrected chi connectivity index (χ2v) is 10.5. The lowest BCUT2D eigenvalue weighted by molar-refractivity contribution is 0.839. The molecule has 0 radical (unpaired) electrons. The zero-order valence-electron chi connectivity index (χ0n) is 28.3. The van der Waals surface area contributed by atoms with Crippen LogP contribution in [0.1, 0.15) is 6.85 Å². The Hall–Kier alpha value is -6.41. The lowest BCUT2D eigenvalue weighted by Gasteiger charge is -2.10. The molecule has 45 heavy (non-hydrogen) atoms. The summed E-state index contributed by atoms with van der Waals surface area (Å²) < 4.78 is 46.4. The maximum atomic E-state index is 14.3. The van der Waals surface area contributed by atoms with Crippen LogP contribution < -0.4 is 11.1 Å². The Balaban J connectivity index is 1.38. The van der Waals surface area contributed by atoms with E-state index in [1.165, 1.54) is 0 Å². The molecule has 9 aromatic rings. The van der Waals surface area contributed by atoms with E-state index in [9.17, 15) is 9.59 Å². The SMILES string of the molecule is [2H]c1c([2H])c([2H])c(-c2nc(-c3ccc(-c4ccccc4)cc3)nc(-n3c4ccccc4c4c3c(=O)n3c(=O)c5ccccc5n43)n2)c([2H])c1[2H]. The van der Waals surface area contributed by atoms with Crippen molar-refractivity contribution >= 4 is 32.8 Å². The third-order valence-electron chi connectivity index (χ3n) is 8.01. The van der Waals surface area contributed by atoms with Crippen LogP contribution in [0, 0.1) is 0 Å². The maximum Gasteiger partial charge on any atom is 0.299 e. The molecule has 0 spiro atoms. The minimum Gasteiger partial charge on any atom is -0.271 e. The van der Waals surface area contributed by atoms with Crippen molar-refractivity contribution in [1.29, 1.82) is 0 Å². The predicted molar refractivity (Wildman–Crippen MR) is 176 cm³/mol. The number of rotatable bonds is 4. The van der Waals surface area contributed by atoms with Crippen LogP contribution >= 0.6 is 0 Å². The van der Waals surface area contributed by atoms with Gasteiger partial charge in [0.1, 0.15) is 11.0 Å². The third kappa shape index (κ3) is 3.69. The maximum absolute atomic E-state index is 14.3. The highest BCUT2D eigenvalue weighted by atomic mass is 16.2. The van der Waals surface area contributed by atoms with Crippen molar-refractivity contribution in [2.24, 2.45) is 0 Å². The largest absolute Gasteiger partial charge is 0.299 e. The molecule has 0 saturated heterocycles. The van der Waals surface area contributed by atoms with Crippen LogP contribution in [0.4, 0.5) is 0 Å². The number of benzene rings is 5. The molecule has 0 unspecified atom stereocenters. The standard InChI is InChI=1S/C37H22N6O2/c44-35-28-16-8-10-18-30(28)42-31-27-15-7-9-17-29(27)41(32(31)36(45)43(35)42)37-39-33(25-13-5-2-6-14-25)38-34(40-37)26-21-19-24(20-22-26)23-11-3-1-4-12-23/h1-22H/i2D,5D,6D,13D,14D. The summed E-state index contributed by atoms with van der Waals surface area (Å²) >= 11 is 0. The van der Waals surface area contributed by atoms with Gasteiger partial charge in [-0.1, -0.05) is 115 Å². The first kappa shape index (κ1) is 20.5. The molecule has 4 heterocycles. The molecular formula is C37H22N6O2. The molecule has 8 nitrogen and oxygen atoms in total. The van der Waals surface area contributed by atoms with Crippen molar-refractivity contribution in [2.75, 3.05) is 0 Å². The van der Waals surface area contributed by atoms with Gasteiger partial charge in [-0.15, -0.1) is 0 Å². The van der Waals surface area contributed by atoms with Gasteiger partial charge in [0.2, 0.25) is 5.95 Å². The summed E-state index contributed by atoms with van der Waals surface area (Å²) in [7, 11) is 0. The van der Waals surface area contributed by atoms with Gasteiger partial charge in [0.25, 0.3) is 11.1 Å². The molecular weight excluding hydrogens is 560 g/mol. The lowest BCUT2D eigenvalue weighted by atomic mass is 10.0. The molecule has 0 N–H and O–H groups in total. The fourth-order valence-corrected chi connectivity index (χ4v) is 6.01. The zero-order valence-corrected chi connectivity index (χ0v) is 23.3. The monoisotopic (exact) mass is 587 g/mol. The first-order valence-electron chi connectivity index (χ1n) is 16.7. The van der Waals surface area contributed by atoms with Gasteiger partial charge < -0.3 is 0 Å². The first-order chi connectivity index (χ1) is 24.2. The van der Waals surface area contributed by atoms with Crippen LogP contribution in [0.3, 0.4) is 0 Å². The molecule has 0 aliphatic heterocycles. The summed E-state index contributed by atoms with van der Waals surface area (Å²) in [5, 5.41) is 1.05. The van der Waals surface area contributed by atoms with Crippen LogP contribution in [0.25, 0.3) is 72.7 Å². The number of fused-ring (bicyclic) bond motifs is 7.